The van der Waals surface area contributed by atoms with Crippen LogP contribution in [-0.2, 0) is 19.6 Å². The number of ether oxygens (including phenoxy) is 1. The number of anilines is 2. The normalized spacial score (nSPS) is 10.9. The van der Waals surface area contributed by atoms with E-state index in [1.54, 1.807) is 24.3 Å². The summed E-state index contributed by atoms with van der Waals surface area (Å²) >= 11 is 0. The molecule has 0 saturated carbocycles. The number of benzene rings is 2. The van der Waals surface area contributed by atoms with Gasteiger partial charge in [-0.3, -0.25) is 13.9 Å². The van der Waals surface area contributed by atoms with Gasteiger partial charge in [0, 0.05) is 12.6 Å². The number of nitrogens with zero attached hydrogens (tertiary/aromatic N) is 1. The van der Waals surface area contributed by atoms with Gasteiger partial charge in [-0.1, -0.05) is 6.92 Å². The van der Waals surface area contributed by atoms with Gasteiger partial charge in [0.1, 0.15) is 12.3 Å². The topological polar surface area (TPSA) is 119 Å². The van der Waals surface area contributed by atoms with Crippen LogP contribution in [-0.4, -0.2) is 33.4 Å². The van der Waals surface area contributed by atoms with Gasteiger partial charge in [-0.05, 0) is 55.0 Å². The van der Waals surface area contributed by atoms with Gasteiger partial charge in [0.15, 0.2) is 0 Å². The van der Waals surface area contributed by atoms with E-state index in [4.69, 9.17) is 10.5 Å². The zero-order valence-corrected chi connectivity index (χ0v) is 16.5. The van der Waals surface area contributed by atoms with Gasteiger partial charge in [0.05, 0.1) is 17.2 Å². The minimum absolute atomic E-state index is 0.0332. The van der Waals surface area contributed by atoms with Crippen LogP contribution in [0.25, 0.3) is 0 Å². The number of nitrogens with one attached hydrogen (secondary N) is 1. The number of rotatable bonds is 9. The van der Waals surface area contributed by atoms with Gasteiger partial charge in [-0.2, -0.15) is 0 Å². The van der Waals surface area contributed by atoms with E-state index in [0.717, 1.165) is 10.7 Å². The standard InChI is InChI=1S/C19H23N3O5S/c1-3-12-27-17-8-6-16(7-9-17)22(13-19(20)24)28(25,26)18-10-4-15(5-11-18)21-14(2)23/h4-11H,3,12-13H2,1-2H3,(H2,20,24)(H,21,23). The quantitative estimate of drug-likeness (QED) is 0.662. The lowest BCUT2D eigenvalue weighted by Crippen LogP contribution is -2.38. The fourth-order valence-electron chi connectivity index (χ4n) is 2.43. The molecule has 2 aromatic carbocycles. The van der Waals surface area contributed by atoms with Crippen molar-refractivity contribution in [3.05, 3.63) is 48.5 Å². The van der Waals surface area contributed by atoms with Crippen LogP contribution in [0.4, 0.5) is 11.4 Å². The molecule has 0 saturated heterocycles. The van der Waals surface area contributed by atoms with Crippen molar-refractivity contribution in [3.63, 3.8) is 0 Å². The summed E-state index contributed by atoms with van der Waals surface area (Å²) in [7, 11) is -4.05. The SMILES string of the molecule is CCCOc1ccc(N(CC(N)=O)S(=O)(=O)c2ccc(NC(C)=O)cc2)cc1. The number of carbonyl (C=O) groups excluding carboxylic acids is 2. The molecule has 28 heavy (non-hydrogen) atoms. The fraction of sp³-hybridized carbons (Fsp3) is 0.263. The fourth-order valence-corrected chi connectivity index (χ4v) is 3.86. The zero-order chi connectivity index (χ0) is 20.7. The number of hydrogen-bond donors (Lipinski definition) is 2. The first-order chi connectivity index (χ1) is 13.2. The summed E-state index contributed by atoms with van der Waals surface area (Å²) in [6.07, 6.45) is 0.846. The van der Waals surface area contributed by atoms with Crippen LogP contribution in [0.15, 0.2) is 53.4 Å². The van der Waals surface area contributed by atoms with E-state index in [2.05, 4.69) is 5.32 Å². The molecule has 0 aromatic heterocycles. The molecule has 0 unspecified atom stereocenters. The van der Waals surface area contributed by atoms with Gasteiger partial charge in [-0.25, -0.2) is 8.42 Å². The van der Waals surface area contributed by atoms with Crippen LogP contribution in [0.5, 0.6) is 5.75 Å². The Kier molecular flexibility index (Phi) is 7.00. The Morgan fingerprint density at radius 3 is 2.18 bits per heavy atom. The Labute approximate surface area is 164 Å². The number of carbonyl (C=O) groups is 2. The minimum atomic E-state index is -4.05. The monoisotopic (exact) mass is 405 g/mol. The van der Waals surface area contributed by atoms with E-state index in [1.807, 2.05) is 6.92 Å². The van der Waals surface area contributed by atoms with E-state index in [-0.39, 0.29) is 16.5 Å². The van der Waals surface area contributed by atoms with E-state index in [9.17, 15) is 18.0 Å². The van der Waals surface area contributed by atoms with Crippen molar-refractivity contribution in [2.75, 3.05) is 22.8 Å². The number of primary amides is 1. The molecule has 0 heterocycles. The summed E-state index contributed by atoms with van der Waals surface area (Å²) in [6, 6.07) is 12.0. The van der Waals surface area contributed by atoms with Gasteiger partial charge < -0.3 is 15.8 Å². The Morgan fingerprint density at radius 2 is 1.68 bits per heavy atom. The molecular weight excluding hydrogens is 382 g/mol. The molecule has 150 valence electrons. The summed E-state index contributed by atoms with van der Waals surface area (Å²) in [5.74, 6) is -0.456. The van der Waals surface area contributed by atoms with Crippen LogP contribution in [0.1, 0.15) is 20.3 Å². The Bertz CT molecular complexity index is 925. The second-order valence-corrected chi connectivity index (χ2v) is 7.89. The molecule has 0 aliphatic rings. The van der Waals surface area contributed by atoms with Crippen LogP contribution in [0.3, 0.4) is 0 Å². The van der Waals surface area contributed by atoms with Crippen LogP contribution in [0.2, 0.25) is 0 Å². The van der Waals surface area contributed by atoms with Crippen molar-refractivity contribution in [1.29, 1.82) is 0 Å². The summed E-state index contributed by atoms with van der Waals surface area (Å²) in [5.41, 5.74) is 6.01. The number of amides is 2. The maximum absolute atomic E-state index is 13.1. The Hall–Kier alpha value is -3.07. The highest BCUT2D eigenvalue weighted by molar-refractivity contribution is 7.92. The molecule has 0 aliphatic heterocycles. The average Bonchev–Trinajstić information content (AvgIpc) is 2.64. The highest BCUT2D eigenvalue weighted by atomic mass is 32.2. The molecule has 2 amide bonds. The molecule has 0 atom stereocenters. The van der Waals surface area contributed by atoms with Crippen LogP contribution >= 0.6 is 0 Å². The average molecular weight is 405 g/mol. The van der Waals surface area contributed by atoms with E-state index in [1.165, 1.54) is 31.2 Å². The molecule has 0 radical (unpaired) electrons. The third-order valence-electron chi connectivity index (χ3n) is 3.66. The highest BCUT2D eigenvalue weighted by Crippen LogP contribution is 2.26. The van der Waals surface area contributed by atoms with Gasteiger partial charge in [-0.15, -0.1) is 0 Å². The largest absolute Gasteiger partial charge is 0.494 e. The van der Waals surface area contributed by atoms with E-state index in [0.29, 0.717) is 18.0 Å². The molecule has 2 rings (SSSR count). The summed E-state index contributed by atoms with van der Waals surface area (Å²) in [4.78, 5) is 22.6. The number of nitrogens with two attached hydrogens (primary N) is 1. The lowest BCUT2D eigenvalue weighted by molar-refractivity contribution is -0.116. The smallest absolute Gasteiger partial charge is 0.264 e. The van der Waals surface area contributed by atoms with Crippen molar-refractivity contribution in [1.82, 2.24) is 0 Å². The summed E-state index contributed by atoms with van der Waals surface area (Å²) < 4.78 is 32.5. The molecule has 9 heteroatoms. The molecular formula is C19H23N3O5S. The van der Waals surface area contributed by atoms with Gasteiger partial charge in [0.25, 0.3) is 10.0 Å². The summed E-state index contributed by atoms with van der Waals surface area (Å²) in [6.45, 7) is 3.37. The molecule has 0 spiro atoms. The molecule has 0 fully saturated rings. The molecule has 8 nitrogen and oxygen atoms in total. The third-order valence-corrected chi connectivity index (χ3v) is 5.45. The predicted molar refractivity (Wildman–Crippen MR) is 107 cm³/mol. The first-order valence-corrected chi connectivity index (χ1v) is 10.1. The Balaban J connectivity index is 2.35. The van der Waals surface area contributed by atoms with E-state index >= 15 is 0 Å². The highest BCUT2D eigenvalue weighted by Gasteiger charge is 2.26. The Morgan fingerprint density at radius 1 is 1.07 bits per heavy atom. The van der Waals surface area contributed by atoms with Crippen molar-refractivity contribution in [2.45, 2.75) is 25.2 Å². The van der Waals surface area contributed by atoms with Gasteiger partial charge >= 0.3 is 0 Å². The van der Waals surface area contributed by atoms with Crippen molar-refractivity contribution in [2.24, 2.45) is 5.73 Å². The lowest BCUT2D eigenvalue weighted by atomic mass is 10.3. The molecule has 3 N–H and O–H groups in total. The zero-order valence-electron chi connectivity index (χ0n) is 15.7. The van der Waals surface area contributed by atoms with Crippen molar-refractivity contribution >= 4 is 33.2 Å². The van der Waals surface area contributed by atoms with E-state index < -0.39 is 22.5 Å². The molecule has 0 bridgehead atoms. The molecule has 2 aromatic rings. The number of sulfonamides is 1. The first-order valence-electron chi connectivity index (χ1n) is 8.65. The van der Waals surface area contributed by atoms with Crippen molar-refractivity contribution in [3.8, 4) is 5.75 Å². The maximum Gasteiger partial charge on any atom is 0.264 e. The number of hydrogen-bond acceptors (Lipinski definition) is 5. The first kappa shape index (κ1) is 21.2. The van der Waals surface area contributed by atoms with Gasteiger partial charge in [0.2, 0.25) is 11.8 Å². The summed E-state index contributed by atoms with van der Waals surface area (Å²) in [5, 5.41) is 2.56. The second-order valence-electron chi connectivity index (χ2n) is 6.03. The predicted octanol–water partition coefficient (Wildman–Crippen LogP) is 2.11. The second kappa shape index (κ2) is 9.23. The van der Waals surface area contributed by atoms with Crippen LogP contribution < -0.4 is 20.1 Å². The van der Waals surface area contributed by atoms with Crippen molar-refractivity contribution < 1.29 is 22.7 Å². The third kappa shape index (κ3) is 5.46. The van der Waals surface area contributed by atoms with Crippen LogP contribution in [0, 0.1) is 0 Å². The lowest BCUT2D eigenvalue weighted by Gasteiger charge is -2.23. The molecule has 0 aliphatic carbocycles. The minimum Gasteiger partial charge on any atom is -0.494 e. The maximum atomic E-state index is 13.1.